The third-order valence-corrected chi connectivity index (χ3v) is 3.80. The Morgan fingerprint density at radius 2 is 1.85 bits per heavy atom. The second-order valence-corrected chi connectivity index (χ2v) is 5.94. The van der Waals surface area contributed by atoms with Gasteiger partial charge in [0, 0.05) is 18.7 Å². The van der Waals surface area contributed by atoms with Crippen molar-refractivity contribution in [1.82, 2.24) is 0 Å². The molecule has 0 saturated carbocycles. The Balaban J connectivity index is 0.00000364. The average molecular weight is 403 g/mol. The number of anilines is 1. The first kappa shape index (κ1) is 22.8. The van der Waals surface area contributed by atoms with Gasteiger partial charge in [-0.1, -0.05) is 25.1 Å². The summed E-state index contributed by atoms with van der Waals surface area (Å²) in [6, 6.07) is 11.9. The van der Waals surface area contributed by atoms with Crippen LogP contribution in [0.5, 0.6) is 5.75 Å². The fourth-order valence-corrected chi connectivity index (χ4v) is 2.44. The predicted octanol–water partition coefficient (Wildman–Crippen LogP) is 4.60. The first-order valence-corrected chi connectivity index (χ1v) is 8.19. The first-order chi connectivity index (χ1) is 12.3. The molecule has 0 aromatic heterocycles. The topological polar surface area (TPSA) is 64.3 Å². The van der Waals surface area contributed by atoms with E-state index in [0.717, 1.165) is 12.1 Å². The summed E-state index contributed by atoms with van der Waals surface area (Å²) in [5.74, 6) is 0.0285. The van der Waals surface area contributed by atoms with Crippen LogP contribution >= 0.6 is 12.4 Å². The molecule has 2 aromatic carbocycles. The Bertz CT molecular complexity index is 736. The van der Waals surface area contributed by atoms with Crippen LogP contribution < -0.4 is 15.8 Å². The molecule has 2 aromatic rings. The SMILES string of the molecule is CC(CC(=O)Nc1ccc(OCCN)cc1)c1cccc(C(F)(F)F)c1.Cl. The number of rotatable bonds is 7. The number of carbonyl (C=O) groups excluding carboxylic acids is 1. The Morgan fingerprint density at radius 1 is 1.19 bits per heavy atom. The van der Waals surface area contributed by atoms with Gasteiger partial charge in [0.05, 0.1) is 5.56 Å². The standard InChI is InChI=1S/C19H21F3N2O2.ClH/c1-13(14-3-2-4-15(12-14)19(20,21)22)11-18(25)24-16-5-7-17(8-6-16)26-10-9-23;/h2-8,12-13H,9-11,23H2,1H3,(H,24,25);1H. The molecular formula is C19H22ClF3N2O2. The molecule has 1 unspecified atom stereocenters. The van der Waals surface area contributed by atoms with Crippen molar-refractivity contribution < 1.29 is 22.7 Å². The highest BCUT2D eigenvalue weighted by atomic mass is 35.5. The van der Waals surface area contributed by atoms with Crippen molar-refractivity contribution in [2.45, 2.75) is 25.4 Å². The second-order valence-electron chi connectivity index (χ2n) is 5.94. The highest BCUT2D eigenvalue weighted by molar-refractivity contribution is 5.91. The zero-order valence-corrected chi connectivity index (χ0v) is 15.6. The lowest BCUT2D eigenvalue weighted by molar-refractivity contribution is -0.137. The van der Waals surface area contributed by atoms with Gasteiger partial charge >= 0.3 is 6.18 Å². The highest BCUT2D eigenvalue weighted by Gasteiger charge is 2.30. The van der Waals surface area contributed by atoms with Gasteiger partial charge in [0.25, 0.3) is 0 Å². The van der Waals surface area contributed by atoms with E-state index in [9.17, 15) is 18.0 Å². The van der Waals surface area contributed by atoms with Crippen molar-refractivity contribution in [1.29, 1.82) is 0 Å². The van der Waals surface area contributed by atoms with Gasteiger partial charge < -0.3 is 15.8 Å². The zero-order chi connectivity index (χ0) is 19.2. The van der Waals surface area contributed by atoms with Crippen molar-refractivity contribution in [2.75, 3.05) is 18.5 Å². The quantitative estimate of drug-likeness (QED) is 0.711. The van der Waals surface area contributed by atoms with Crippen molar-refractivity contribution in [2.24, 2.45) is 5.73 Å². The molecule has 4 nitrogen and oxygen atoms in total. The van der Waals surface area contributed by atoms with Crippen LogP contribution in [0.25, 0.3) is 0 Å². The molecule has 0 aliphatic carbocycles. The molecule has 0 radical (unpaired) electrons. The maximum atomic E-state index is 12.8. The lowest BCUT2D eigenvalue weighted by atomic mass is 9.95. The lowest BCUT2D eigenvalue weighted by Gasteiger charge is -2.14. The summed E-state index contributed by atoms with van der Waals surface area (Å²) in [6.45, 7) is 2.53. The maximum Gasteiger partial charge on any atom is 0.416 e. The van der Waals surface area contributed by atoms with Crippen LogP contribution in [0.3, 0.4) is 0 Å². The van der Waals surface area contributed by atoms with Crippen molar-refractivity contribution in [3.8, 4) is 5.75 Å². The Morgan fingerprint density at radius 3 is 2.44 bits per heavy atom. The monoisotopic (exact) mass is 402 g/mol. The third kappa shape index (κ3) is 7.11. The van der Waals surface area contributed by atoms with Crippen LogP contribution in [0.15, 0.2) is 48.5 Å². The molecule has 3 N–H and O–H groups in total. The number of nitrogens with two attached hydrogens (primary N) is 1. The number of carbonyl (C=O) groups is 1. The van der Waals surface area contributed by atoms with E-state index < -0.39 is 11.7 Å². The van der Waals surface area contributed by atoms with E-state index in [2.05, 4.69) is 5.32 Å². The van der Waals surface area contributed by atoms with Gasteiger partial charge in [-0.2, -0.15) is 13.2 Å². The number of ether oxygens (including phenoxy) is 1. The third-order valence-electron chi connectivity index (χ3n) is 3.80. The summed E-state index contributed by atoms with van der Waals surface area (Å²) in [5, 5.41) is 2.73. The molecule has 148 valence electrons. The van der Waals surface area contributed by atoms with Crippen LogP contribution in [0.2, 0.25) is 0 Å². The molecule has 0 fully saturated rings. The molecule has 0 aliphatic heterocycles. The fraction of sp³-hybridized carbons (Fsp3) is 0.316. The Hall–Kier alpha value is -2.25. The summed E-state index contributed by atoms with van der Waals surface area (Å²) < 4.78 is 43.7. The number of benzene rings is 2. The van der Waals surface area contributed by atoms with Crippen LogP contribution in [-0.4, -0.2) is 19.1 Å². The van der Waals surface area contributed by atoms with Gasteiger partial charge in [0.15, 0.2) is 0 Å². The van der Waals surface area contributed by atoms with Gasteiger partial charge in [-0.3, -0.25) is 4.79 Å². The van der Waals surface area contributed by atoms with Crippen LogP contribution in [0, 0.1) is 0 Å². The van der Waals surface area contributed by atoms with Gasteiger partial charge in [0.1, 0.15) is 12.4 Å². The molecule has 1 amide bonds. The van der Waals surface area contributed by atoms with Crippen molar-refractivity contribution >= 4 is 24.0 Å². The number of nitrogens with one attached hydrogen (secondary N) is 1. The van der Waals surface area contributed by atoms with E-state index in [1.807, 2.05) is 0 Å². The van der Waals surface area contributed by atoms with Crippen LogP contribution in [0.4, 0.5) is 18.9 Å². The van der Waals surface area contributed by atoms with Gasteiger partial charge in [-0.05, 0) is 41.8 Å². The molecule has 1 atom stereocenters. The number of hydrogen-bond donors (Lipinski definition) is 2. The largest absolute Gasteiger partial charge is 0.492 e. The van der Waals surface area contributed by atoms with Gasteiger partial charge in [-0.25, -0.2) is 0 Å². The van der Waals surface area contributed by atoms with E-state index in [4.69, 9.17) is 10.5 Å². The average Bonchev–Trinajstić information content (AvgIpc) is 2.60. The van der Waals surface area contributed by atoms with Crippen LogP contribution in [-0.2, 0) is 11.0 Å². The van der Waals surface area contributed by atoms with E-state index in [-0.39, 0.29) is 30.7 Å². The first-order valence-electron chi connectivity index (χ1n) is 8.19. The van der Waals surface area contributed by atoms with E-state index in [0.29, 0.717) is 30.2 Å². The van der Waals surface area contributed by atoms with Gasteiger partial charge in [-0.15, -0.1) is 12.4 Å². The molecule has 8 heteroatoms. The maximum absolute atomic E-state index is 12.8. The summed E-state index contributed by atoms with van der Waals surface area (Å²) >= 11 is 0. The number of alkyl halides is 3. The minimum atomic E-state index is -4.40. The molecule has 0 aliphatic rings. The number of amides is 1. The molecule has 0 spiro atoms. The normalized spacial score (nSPS) is 12.0. The summed E-state index contributed by atoms with van der Waals surface area (Å²) in [6.07, 6.45) is -4.32. The second kappa shape index (κ2) is 10.2. The van der Waals surface area contributed by atoms with Crippen LogP contribution in [0.1, 0.15) is 30.4 Å². The molecule has 0 saturated heterocycles. The minimum Gasteiger partial charge on any atom is -0.492 e. The molecular weight excluding hydrogens is 381 g/mol. The predicted molar refractivity (Wildman–Crippen MR) is 101 cm³/mol. The van der Waals surface area contributed by atoms with E-state index in [1.165, 1.54) is 6.07 Å². The molecule has 0 bridgehead atoms. The minimum absolute atomic E-state index is 0. The van der Waals surface area contributed by atoms with E-state index >= 15 is 0 Å². The fourth-order valence-electron chi connectivity index (χ4n) is 2.44. The zero-order valence-electron chi connectivity index (χ0n) is 14.8. The molecule has 2 rings (SSSR count). The van der Waals surface area contributed by atoms with Gasteiger partial charge in [0.2, 0.25) is 5.91 Å². The Labute approximate surface area is 162 Å². The lowest BCUT2D eigenvalue weighted by Crippen LogP contribution is -2.15. The van der Waals surface area contributed by atoms with Crippen molar-refractivity contribution in [3.05, 3.63) is 59.7 Å². The molecule has 0 heterocycles. The summed E-state index contributed by atoms with van der Waals surface area (Å²) in [4.78, 5) is 12.2. The van der Waals surface area contributed by atoms with Crippen molar-refractivity contribution in [3.63, 3.8) is 0 Å². The Kier molecular flexibility index (Phi) is 8.59. The smallest absolute Gasteiger partial charge is 0.416 e. The molecule has 27 heavy (non-hydrogen) atoms. The van der Waals surface area contributed by atoms with E-state index in [1.54, 1.807) is 37.3 Å². The number of hydrogen-bond acceptors (Lipinski definition) is 3. The summed E-state index contributed by atoms with van der Waals surface area (Å²) in [7, 11) is 0. The highest BCUT2D eigenvalue weighted by Crippen LogP contribution is 2.31. The summed E-state index contributed by atoms with van der Waals surface area (Å²) in [5.41, 5.74) is 5.70. The number of halogens is 4.